The second-order valence-electron chi connectivity index (χ2n) is 5.73. The minimum Gasteiger partial charge on any atom is -0.325 e. The molecule has 0 spiro atoms. The molecular weight excluding hydrogens is 280 g/mol. The number of fused-ring (bicyclic) bond motifs is 1. The molecule has 3 rings (SSSR count). The van der Waals surface area contributed by atoms with Gasteiger partial charge >= 0.3 is 0 Å². The summed E-state index contributed by atoms with van der Waals surface area (Å²) in [5.41, 5.74) is 5.07. The lowest BCUT2D eigenvalue weighted by Crippen LogP contribution is -2.25. The Morgan fingerprint density at radius 3 is 2.38 bits per heavy atom. The van der Waals surface area contributed by atoms with Crippen molar-refractivity contribution >= 4 is 23.9 Å². The molecule has 2 nitrogen and oxygen atoms in total. The highest BCUT2D eigenvalue weighted by Crippen LogP contribution is 2.30. The predicted molar refractivity (Wildman–Crippen MR) is 91.8 cm³/mol. The number of hydrogen-bond acceptors (Lipinski definition) is 1. The van der Waals surface area contributed by atoms with Crippen LogP contribution in [0.2, 0.25) is 0 Å². The number of para-hydroxylation sites is 1. The number of nitrogens with zero attached hydrogens (tertiary/aromatic N) is 1. The van der Waals surface area contributed by atoms with Crippen LogP contribution in [0.5, 0.6) is 0 Å². The zero-order chi connectivity index (χ0) is 14.1. The van der Waals surface area contributed by atoms with Crippen molar-refractivity contribution in [2.45, 2.75) is 32.7 Å². The van der Waals surface area contributed by atoms with Gasteiger partial charge in [0.15, 0.2) is 0 Å². The standard InChI is InChI=1S/C18H20N2.ClH/c1-13(2)15-9-7-14(8-10-15)12-20-17-6-4-3-5-16(17)11-18(20)19;/h3-10,13,19H,11-12H2,1-2H3;1H. The Labute approximate surface area is 132 Å². The molecule has 0 saturated carbocycles. The van der Waals surface area contributed by atoms with Crippen LogP contribution in [0, 0.1) is 5.41 Å². The van der Waals surface area contributed by atoms with E-state index in [1.807, 2.05) is 12.1 Å². The Balaban J connectivity index is 0.00000161. The van der Waals surface area contributed by atoms with Crippen molar-refractivity contribution in [2.75, 3.05) is 4.90 Å². The number of rotatable bonds is 3. The average Bonchev–Trinajstić information content (AvgIpc) is 2.76. The summed E-state index contributed by atoms with van der Waals surface area (Å²) in [6, 6.07) is 17.1. The van der Waals surface area contributed by atoms with E-state index in [9.17, 15) is 0 Å². The summed E-state index contributed by atoms with van der Waals surface area (Å²) in [5.74, 6) is 1.26. The maximum Gasteiger partial charge on any atom is 0.105 e. The van der Waals surface area contributed by atoms with Crippen LogP contribution in [0.4, 0.5) is 5.69 Å². The Kier molecular flexibility index (Phi) is 4.69. The molecule has 1 aliphatic heterocycles. The highest BCUT2D eigenvalue weighted by Gasteiger charge is 2.23. The van der Waals surface area contributed by atoms with Gasteiger partial charge in [-0.15, -0.1) is 12.4 Å². The van der Waals surface area contributed by atoms with E-state index in [0.29, 0.717) is 11.8 Å². The quantitative estimate of drug-likeness (QED) is 0.868. The van der Waals surface area contributed by atoms with Gasteiger partial charge in [0.05, 0.1) is 0 Å². The van der Waals surface area contributed by atoms with Crippen molar-refractivity contribution in [2.24, 2.45) is 0 Å². The lowest BCUT2D eigenvalue weighted by molar-refractivity contribution is 0.864. The largest absolute Gasteiger partial charge is 0.325 e. The Morgan fingerprint density at radius 2 is 1.71 bits per heavy atom. The molecule has 0 aliphatic carbocycles. The van der Waals surface area contributed by atoms with Gasteiger partial charge in [0.1, 0.15) is 5.84 Å². The lowest BCUT2D eigenvalue weighted by Gasteiger charge is -2.20. The summed E-state index contributed by atoms with van der Waals surface area (Å²) >= 11 is 0. The second kappa shape index (κ2) is 6.31. The van der Waals surface area contributed by atoms with E-state index in [1.54, 1.807) is 0 Å². The van der Waals surface area contributed by atoms with Crippen LogP contribution in [-0.4, -0.2) is 5.84 Å². The maximum absolute atomic E-state index is 8.18. The molecule has 0 saturated heterocycles. The SMILES string of the molecule is CC(C)c1ccc(CN2C(=N)Cc3ccccc32)cc1.Cl. The normalized spacial score (nSPS) is 13.3. The zero-order valence-corrected chi connectivity index (χ0v) is 13.3. The van der Waals surface area contributed by atoms with E-state index < -0.39 is 0 Å². The molecule has 3 heteroatoms. The van der Waals surface area contributed by atoms with Crippen molar-refractivity contribution in [1.29, 1.82) is 5.41 Å². The smallest absolute Gasteiger partial charge is 0.105 e. The van der Waals surface area contributed by atoms with Gasteiger partial charge in [-0.2, -0.15) is 0 Å². The highest BCUT2D eigenvalue weighted by atomic mass is 35.5. The van der Waals surface area contributed by atoms with Crippen molar-refractivity contribution in [1.82, 2.24) is 0 Å². The summed E-state index contributed by atoms with van der Waals surface area (Å²) < 4.78 is 0. The first-order valence-corrected chi connectivity index (χ1v) is 7.17. The van der Waals surface area contributed by atoms with E-state index in [1.165, 1.54) is 22.4 Å². The van der Waals surface area contributed by atoms with Gasteiger partial charge in [-0.25, -0.2) is 0 Å². The summed E-state index contributed by atoms with van der Waals surface area (Å²) in [6.45, 7) is 5.21. The van der Waals surface area contributed by atoms with Gasteiger partial charge < -0.3 is 4.90 Å². The number of benzene rings is 2. The summed E-state index contributed by atoms with van der Waals surface area (Å²) in [7, 11) is 0. The van der Waals surface area contributed by atoms with Crippen LogP contribution in [0.1, 0.15) is 36.5 Å². The first-order chi connectivity index (χ1) is 9.65. The summed E-state index contributed by atoms with van der Waals surface area (Å²) in [5, 5.41) is 8.18. The number of anilines is 1. The first-order valence-electron chi connectivity index (χ1n) is 7.17. The Hall–Kier alpha value is -1.80. The van der Waals surface area contributed by atoms with Crippen molar-refractivity contribution in [3.63, 3.8) is 0 Å². The van der Waals surface area contributed by atoms with E-state index in [2.05, 4.69) is 55.1 Å². The molecule has 0 fully saturated rings. The Bertz CT molecular complexity index is 632. The van der Waals surface area contributed by atoms with E-state index >= 15 is 0 Å². The average molecular weight is 301 g/mol. The van der Waals surface area contributed by atoms with Gasteiger partial charge in [-0.05, 0) is 28.7 Å². The fraction of sp³-hybridized carbons (Fsp3) is 0.278. The van der Waals surface area contributed by atoms with E-state index in [4.69, 9.17) is 5.41 Å². The lowest BCUT2D eigenvalue weighted by atomic mass is 10.0. The van der Waals surface area contributed by atoms with Gasteiger partial charge in [0.2, 0.25) is 0 Å². The molecule has 0 bridgehead atoms. The van der Waals surface area contributed by atoms with E-state index in [-0.39, 0.29) is 12.4 Å². The minimum atomic E-state index is 0. The van der Waals surface area contributed by atoms with Crippen LogP contribution in [-0.2, 0) is 13.0 Å². The number of amidine groups is 1. The zero-order valence-electron chi connectivity index (χ0n) is 12.5. The van der Waals surface area contributed by atoms with Crippen LogP contribution in [0.3, 0.4) is 0 Å². The van der Waals surface area contributed by atoms with Gasteiger partial charge in [0, 0.05) is 18.7 Å². The third-order valence-corrected chi connectivity index (χ3v) is 3.95. The van der Waals surface area contributed by atoms with Crippen molar-refractivity contribution < 1.29 is 0 Å². The minimum absolute atomic E-state index is 0. The molecule has 1 heterocycles. The molecule has 0 amide bonds. The molecule has 21 heavy (non-hydrogen) atoms. The van der Waals surface area contributed by atoms with Crippen LogP contribution in [0.25, 0.3) is 0 Å². The van der Waals surface area contributed by atoms with Crippen LogP contribution < -0.4 is 4.90 Å². The number of halogens is 1. The third kappa shape index (κ3) is 3.11. The maximum atomic E-state index is 8.18. The number of hydrogen-bond donors (Lipinski definition) is 1. The van der Waals surface area contributed by atoms with Crippen LogP contribution >= 0.6 is 12.4 Å². The summed E-state index contributed by atoms with van der Waals surface area (Å²) in [4.78, 5) is 2.11. The molecule has 0 atom stereocenters. The molecule has 2 aromatic rings. The fourth-order valence-electron chi connectivity index (χ4n) is 2.72. The molecule has 110 valence electrons. The van der Waals surface area contributed by atoms with Crippen molar-refractivity contribution in [3.8, 4) is 0 Å². The topological polar surface area (TPSA) is 27.1 Å². The molecular formula is C18H21ClN2. The molecule has 0 radical (unpaired) electrons. The monoisotopic (exact) mass is 300 g/mol. The predicted octanol–water partition coefficient (Wildman–Crippen LogP) is 4.77. The van der Waals surface area contributed by atoms with Crippen LogP contribution in [0.15, 0.2) is 48.5 Å². The van der Waals surface area contributed by atoms with Gasteiger partial charge in [-0.3, -0.25) is 5.41 Å². The highest BCUT2D eigenvalue weighted by molar-refractivity contribution is 6.03. The first kappa shape index (κ1) is 15.6. The van der Waals surface area contributed by atoms with Crippen molar-refractivity contribution in [3.05, 3.63) is 65.2 Å². The van der Waals surface area contributed by atoms with E-state index in [0.717, 1.165) is 13.0 Å². The third-order valence-electron chi connectivity index (χ3n) is 3.95. The second-order valence-corrected chi connectivity index (χ2v) is 5.73. The fourth-order valence-corrected chi connectivity index (χ4v) is 2.72. The molecule has 2 aromatic carbocycles. The summed E-state index contributed by atoms with van der Waals surface area (Å²) in [6.07, 6.45) is 0.750. The van der Waals surface area contributed by atoms with Gasteiger partial charge in [0.25, 0.3) is 0 Å². The number of nitrogens with one attached hydrogen (secondary N) is 1. The molecule has 1 N–H and O–H groups in total. The molecule has 0 aromatic heterocycles. The molecule has 0 unspecified atom stereocenters. The van der Waals surface area contributed by atoms with Gasteiger partial charge in [-0.1, -0.05) is 56.3 Å². The molecule has 1 aliphatic rings. The Morgan fingerprint density at radius 1 is 1.05 bits per heavy atom.